The van der Waals surface area contributed by atoms with E-state index >= 15 is 0 Å². The maximum atomic E-state index is 13.3. The molecular weight excluding hydrogens is 367 g/mol. The fourth-order valence-electron chi connectivity index (χ4n) is 2.94. The van der Waals surface area contributed by atoms with Gasteiger partial charge in [0.1, 0.15) is 0 Å². The number of carboxylic acids is 1. The molecule has 0 aromatic heterocycles. The predicted octanol–water partition coefficient (Wildman–Crippen LogP) is 3.35. The Morgan fingerprint density at radius 2 is 2.00 bits per heavy atom. The number of benzene rings is 1. The molecule has 1 atom stereocenters. The van der Waals surface area contributed by atoms with Crippen molar-refractivity contribution in [2.75, 3.05) is 26.8 Å². The highest BCUT2D eigenvalue weighted by atomic mass is 19.4. The van der Waals surface area contributed by atoms with Gasteiger partial charge in [-0.25, -0.2) is 0 Å². The molecule has 1 N–H and O–H groups in total. The van der Waals surface area contributed by atoms with Crippen molar-refractivity contribution in [1.82, 2.24) is 4.90 Å². The van der Waals surface area contributed by atoms with Gasteiger partial charge in [0, 0.05) is 18.7 Å². The van der Waals surface area contributed by atoms with E-state index < -0.39 is 36.4 Å². The zero-order valence-electron chi connectivity index (χ0n) is 15.1. The fourth-order valence-corrected chi connectivity index (χ4v) is 2.94. The SMILES string of the molecule is CCCCOc1ccc(C(=O)N2CCC(C(=O)O)(C(F)(F)F)C2)cc1OC. The smallest absolute Gasteiger partial charge is 0.406 e. The van der Waals surface area contributed by atoms with E-state index in [2.05, 4.69) is 0 Å². The van der Waals surface area contributed by atoms with E-state index in [4.69, 9.17) is 14.6 Å². The minimum Gasteiger partial charge on any atom is -0.493 e. The first-order chi connectivity index (χ1) is 12.7. The number of carbonyl (C=O) groups excluding carboxylic acids is 1. The van der Waals surface area contributed by atoms with Crippen molar-refractivity contribution in [2.24, 2.45) is 5.41 Å². The van der Waals surface area contributed by atoms with Gasteiger partial charge in [-0.05, 0) is 31.0 Å². The summed E-state index contributed by atoms with van der Waals surface area (Å²) in [4.78, 5) is 24.8. The van der Waals surface area contributed by atoms with Crippen LogP contribution in [0.1, 0.15) is 36.5 Å². The summed E-state index contributed by atoms with van der Waals surface area (Å²) in [5.41, 5.74) is -2.83. The van der Waals surface area contributed by atoms with Gasteiger partial charge in [-0.1, -0.05) is 13.3 Å². The van der Waals surface area contributed by atoms with Crippen LogP contribution in [0.4, 0.5) is 13.2 Å². The van der Waals surface area contributed by atoms with E-state index in [1.807, 2.05) is 6.92 Å². The quantitative estimate of drug-likeness (QED) is 0.724. The number of halogens is 3. The predicted molar refractivity (Wildman–Crippen MR) is 90.0 cm³/mol. The first-order valence-electron chi connectivity index (χ1n) is 8.56. The molecule has 9 heteroatoms. The summed E-state index contributed by atoms with van der Waals surface area (Å²) in [7, 11) is 1.39. The van der Waals surface area contributed by atoms with Gasteiger partial charge in [-0.3, -0.25) is 9.59 Å². The van der Waals surface area contributed by atoms with Gasteiger partial charge >= 0.3 is 12.1 Å². The van der Waals surface area contributed by atoms with Crippen molar-refractivity contribution < 1.29 is 37.3 Å². The van der Waals surface area contributed by atoms with Gasteiger partial charge in [-0.2, -0.15) is 13.2 Å². The van der Waals surface area contributed by atoms with Crippen molar-refractivity contribution in [2.45, 2.75) is 32.4 Å². The van der Waals surface area contributed by atoms with Gasteiger partial charge in [0.25, 0.3) is 5.91 Å². The first kappa shape index (κ1) is 20.9. The number of nitrogens with zero attached hydrogens (tertiary/aromatic N) is 1. The van der Waals surface area contributed by atoms with Crippen LogP contribution >= 0.6 is 0 Å². The molecule has 1 heterocycles. The van der Waals surface area contributed by atoms with Crippen LogP contribution in [0.15, 0.2) is 18.2 Å². The number of carbonyl (C=O) groups is 2. The molecule has 1 saturated heterocycles. The van der Waals surface area contributed by atoms with Gasteiger partial charge in [0.05, 0.1) is 13.7 Å². The number of amides is 1. The lowest BCUT2D eigenvalue weighted by atomic mass is 9.86. The van der Waals surface area contributed by atoms with Crippen LogP contribution in [0, 0.1) is 5.41 Å². The second-order valence-electron chi connectivity index (χ2n) is 6.43. The zero-order chi connectivity index (χ0) is 20.2. The molecule has 1 aliphatic heterocycles. The molecule has 0 radical (unpaired) electrons. The van der Waals surface area contributed by atoms with Crippen LogP contribution in [0.3, 0.4) is 0 Å². The molecule has 0 spiro atoms. The number of alkyl halides is 3. The Bertz CT molecular complexity index is 707. The summed E-state index contributed by atoms with van der Waals surface area (Å²) in [5, 5.41) is 9.10. The van der Waals surface area contributed by atoms with Crippen LogP contribution < -0.4 is 9.47 Å². The Hall–Kier alpha value is -2.45. The van der Waals surface area contributed by atoms with Crippen molar-refractivity contribution in [1.29, 1.82) is 0 Å². The minimum atomic E-state index is -4.94. The average Bonchev–Trinajstić information content (AvgIpc) is 3.08. The summed E-state index contributed by atoms with van der Waals surface area (Å²) in [6.07, 6.45) is -3.83. The van der Waals surface area contributed by atoms with Gasteiger partial charge in [-0.15, -0.1) is 0 Å². The summed E-state index contributed by atoms with van der Waals surface area (Å²) < 4.78 is 50.6. The summed E-state index contributed by atoms with van der Waals surface area (Å²) in [6, 6.07) is 4.34. The van der Waals surface area contributed by atoms with E-state index in [9.17, 15) is 22.8 Å². The van der Waals surface area contributed by atoms with E-state index in [0.29, 0.717) is 12.4 Å². The molecule has 150 valence electrons. The van der Waals surface area contributed by atoms with Crippen LogP contribution in [0.5, 0.6) is 11.5 Å². The highest BCUT2D eigenvalue weighted by Gasteiger charge is 2.64. The van der Waals surface area contributed by atoms with E-state index in [1.165, 1.54) is 25.3 Å². The third-order valence-electron chi connectivity index (χ3n) is 4.67. The number of likely N-dealkylation sites (tertiary alicyclic amines) is 1. The topological polar surface area (TPSA) is 76.1 Å². The van der Waals surface area contributed by atoms with Crippen LogP contribution in [0.25, 0.3) is 0 Å². The van der Waals surface area contributed by atoms with Crippen LogP contribution in [0.2, 0.25) is 0 Å². The molecule has 0 bridgehead atoms. The van der Waals surface area contributed by atoms with Crippen molar-refractivity contribution in [3.63, 3.8) is 0 Å². The number of hydrogen-bond acceptors (Lipinski definition) is 4. The Balaban J connectivity index is 2.20. The standard InChI is InChI=1S/C18H22F3NO5/c1-3-4-9-27-13-6-5-12(10-14(13)26-2)15(23)22-8-7-17(11-22,16(24)25)18(19,20)21/h5-6,10H,3-4,7-9,11H2,1-2H3,(H,24,25). The maximum absolute atomic E-state index is 13.3. The molecule has 1 aromatic rings. The number of carboxylic acid groups (broad SMARTS) is 1. The highest BCUT2D eigenvalue weighted by molar-refractivity contribution is 5.95. The largest absolute Gasteiger partial charge is 0.493 e. The molecular formula is C18H22F3NO5. The third-order valence-corrected chi connectivity index (χ3v) is 4.67. The van der Waals surface area contributed by atoms with Crippen LogP contribution in [-0.4, -0.2) is 54.9 Å². The summed E-state index contributed by atoms with van der Waals surface area (Å²) in [5.74, 6) is -1.93. The lowest BCUT2D eigenvalue weighted by Gasteiger charge is -2.27. The minimum absolute atomic E-state index is 0.109. The molecule has 1 aliphatic rings. The molecule has 6 nitrogen and oxygen atoms in total. The van der Waals surface area contributed by atoms with E-state index in [1.54, 1.807) is 0 Å². The number of unbranched alkanes of at least 4 members (excludes halogenated alkanes) is 1. The van der Waals surface area contributed by atoms with Gasteiger partial charge in [0.15, 0.2) is 16.9 Å². The lowest BCUT2D eigenvalue weighted by Crippen LogP contribution is -2.47. The molecule has 2 rings (SSSR count). The second-order valence-corrected chi connectivity index (χ2v) is 6.43. The molecule has 0 saturated carbocycles. The Kier molecular flexibility index (Phi) is 6.22. The van der Waals surface area contributed by atoms with Crippen molar-refractivity contribution >= 4 is 11.9 Å². The normalized spacial score (nSPS) is 19.8. The van der Waals surface area contributed by atoms with Crippen molar-refractivity contribution in [3.05, 3.63) is 23.8 Å². The van der Waals surface area contributed by atoms with Crippen LogP contribution in [-0.2, 0) is 4.79 Å². The molecule has 27 heavy (non-hydrogen) atoms. The maximum Gasteiger partial charge on any atom is 0.406 e. The number of hydrogen-bond donors (Lipinski definition) is 1. The second kappa shape index (κ2) is 8.06. The summed E-state index contributed by atoms with van der Waals surface area (Å²) in [6.45, 7) is 1.28. The molecule has 1 amide bonds. The van der Waals surface area contributed by atoms with Gasteiger partial charge < -0.3 is 19.5 Å². The number of methoxy groups -OCH3 is 1. The van der Waals surface area contributed by atoms with E-state index in [0.717, 1.165) is 17.7 Å². The Morgan fingerprint density at radius 3 is 2.52 bits per heavy atom. The molecule has 1 fully saturated rings. The summed E-state index contributed by atoms with van der Waals surface area (Å²) >= 11 is 0. The highest BCUT2D eigenvalue weighted by Crippen LogP contribution is 2.46. The Labute approximate surface area is 154 Å². The zero-order valence-corrected chi connectivity index (χ0v) is 15.1. The molecule has 0 aliphatic carbocycles. The third kappa shape index (κ3) is 4.12. The van der Waals surface area contributed by atoms with Gasteiger partial charge in [0.2, 0.25) is 0 Å². The average molecular weight is 389 g/mol. The van der Waals surface area contributed by atoms with Crippen molar-refractivity contribution in [3.8, 4) is 11.5 Å². The lowest BCUT2D eigenvalue weighted by molar-refractivity contribution is -0.227. The number of aliphatic carboxylic acids is 1. The Morgan fingerprint density at radius 1 is 1.30 bits per heavy atom. The number of rotatable bonds is 7. The fraction of sp³-hybridized carbons (Fsp3) is 0.556. The molecule has 1 aromatic carbocycles. The number of ether oxygens (including phenoxy) is 2. The monoisotopic (exact) mass is 389 g/mol. The first-order valence-corrected chi connectivity index (χ1v) is 8.56. The molecule has 1 unspecified atom stereocenters. The van der Waals surface area contributed by atoms with E-state index in [-0.39, 0.29) is 17.9 Å².